The third-order valence-corrected chi connectivity index (χ3v) is 4.19. The van der Waals surface area contributed by atoms with Gasteiger partial charge in [0.25, 0.3) is 0 Å². The average molecular weight is 356 g/mol. The minimum Gasteiger partial charge on any atom is -0.304 e. The average Bonchev–Trinajstić information content (AvgIpc) is 2.86. The zero-order valence-electron chi connectivity index (χ0n) is 10.7. The molecule has 0 aliphatic rings. The first-order valence-electron chi connectivity index (χ1n) is 5.90. The van der Waals surface area contributed by atoms with Crippen molar-refractivity contribution in [3.05, 3.63) is 44.1 Å². The molecule has 0 radical (unpaired) electrons. The molecule has 1 N–H and O–H groups in total. The highest BCUT2D eigenvalue weighted by atomic mass is 35.5. The maximum Gasteiger partial charge on any atom is 0.443 e. The normalized spacial score (nSPS) is 13.4. The van der Waals surface area contributed by atoms with E-state index in [1.807, 2.05) is 6.92 Å². The van der Waals surface area contributed by atoms with E-state index in [1.165, 1.54) is 18.5 Å². The molecule has 9 heteroatoms. The van der Waals surface area contributed by atoms with Crippen LogP contribution in [-0.2, 0) is 6.18 Å². The molecule has 2 heterocycles. The van der Waals surface area contributed by atoms with Crippen molar-refractivity contribution in [1.82, 2.24) is 15.3 Å². The Kier molecular flexibility index (Phi) is 5.08. The second-order valence-electron chi connectivity index (χ2n) is 4.08. The van der Waals surface area contributed by atoms with E-state index in [0.717, 1.165) is 0 Å². The Labute approximate surface area is 133 Å². The van der Waals surface area contributed by atoms with E-state index in [1.54, 1.807) is 0 Å². The van der Waals surface area contributed by atoms with E-state index >= 15 is 0 Å². The number of nitrogens with one attached hydrogen (secondary N) is 1. The first-order valence-corrected chi connectivity index (χ1v) is 7.47. The molecule has 3 nitrogen and oxygen atoms in total. The Hall–Kier alpha value is -0.890. The molecule has 2 rings (SSSR count). The number of halogens is 5. The molecule has 0 spiro atoms. The summed E-state index contributed by atoms with van der Waals surface area (Å²) < 4.78 is 38.0. The van der Waals surface area contributed by atoms with Crippen LogP contribution in [0.3, 0.4) is 0 Å². The summed E-state index contributed by atoms with van der Waals surface area (Å²) in [6.07, 6.45) is -1.87. The Bertz CT molecular complexity index is 630. The van der Waals surface area contributed by atoms with Gasteiger partial charge in [-0.05, 0) is 12.6 Å². The monoisotopic (exact) mass is 355 g/mol. The van der Waals surface area contributed by atoms with E-state index < -0.39 is 17.2 Å². The van der Waals surface area contributed by atoms with Crippen molar-refractivity contribution in [1.29, 1.82) is 0 Å². The van der Waals surface area contributed by atoms with Crippen LogP contribution in [0.15, 0.2) is 18.5 Å². The standard InChI is InChI=1S/C12H10Cl2F3N3S/c1-2-18-10(9-7(14)3-6(13)4-19-9)8-5-20-11(21-8)12(15,16)17/h3-5,10,18H,2H2,1H3. The number of rotatable bonds is 4. The third kappa shape index (κ3) is 3.85. The van der Waals surface area contributed by atoms with Crippen molar-refractivity contribution in [2.24, 2.45) is 0 Å². The molecule has 21 heavy (non-hydrogen) atoms. The molecule has 0 aliphatic carbocycles. The van der Waals surface area contributed by atoms with Gasteiger partial charge in [-0.1, -0.05) is 30.1 Å². The fourth-order valence-corrected chi connectivity index (χ4v) is 3.08. The van der Waals surface area contributed by atoms with Crippen LogP contribution in [0.2, 0.25) is 10.0 Å². The van der Waals surface area contributed by atoms with Gasteiger partial charge in [0, 0.05) is 17.3 Å². The summed E-state index contributed by atoms with van der Waals surface area (Å²) in [6.45, 7) is 2.37. The highest BCUT2D eigenvalue weighted by molar-refractivity contribution is 7.11. The van der Waals surface area contributed by atoms with E-state index in [9.17, 15) is 13.2 Å². The molecule has 114 valence electrons. The predicted molar refractivity (Wildman–Crippen MR) is 76.9 cm³/mol. The Morgan fingerprint density at radius 3 is 2.52 bits per heavy atom. The Balaban J connectivity index is 2.41. The summed E-state index contributed by atoms with van der Waals surface area (Å²) in [5.41, 5.74) is 0.417. The molecule has 0 bridgehead atoms. The lowest BCUT2D eigenvalue weighted by Crippen LogP contribution is -2.22. The van der Waals surface area contributed by atoms with Crippen molar-refractivity contribution >= 4 is 34.5 Å². The molecule has 1 atom stereocenters. The molecule has 0 fully saturated rings. The minimum absolute atomic E-state index is 0.287. The molecule has 0 saturated carbocycles. The second kappa shape index (κ2) is 6.48. The van der Waals surface area contributed by atoms with Gasteiger partial charge in [0.05, 0.1) is 21.8 Å². The molecule has 0 aliphatic heterocycles. The number of hydrogen-bond acceptors (Lipinski definition) is 4. The number of pyridine rings is 1. The maximum atomic E-state index is 12.7. The summed E-state index contributed by atoms with van der Waals surface area (Å²) in [4.78, 5) is 7.93. The summed E-state index contributed by atoms with van der Waals surface area (Å²) in [5.74, 6) is 0. The quantitative estimate of drug-likeness (QED) is 0.873. The largest absolute Gasteiger partial charge is 0.443 e. The van der Waals surface area contributed by atoms with E-state index in [-0.39, 0.29) is 5.02 Å². The number of nitrogens with zero attached hydrogens (tertiary/aromatic N) is 2. The fraction of sp³-hybridized carbons (Fsp3) is 0.333. The predicted octanol–water partition coefficient (Wildman–Crippen LogP) is 4.56. The van der Waals surface area contributed by atoms with Gasteiger partial charge in [-0.15, -0.1) is 11.3 Å². The van der Waals surface area contributed by atoms with Gasteiger partial charge in [-0.2, -0.15) is 13.2 Å². The maximum absolute atomic E-state index is 12.7. The number of thiazole rings is 1. The number of aromatic nitrogens is 2. The van der Waals surface area contributed by atoms with Gasteiger partial charge in [0.1, 0.15) is 0 Å². The highest BCUT2D eigenvalue weighted by Crippen LogP contribution is 2.37. The van der Waals surface area contributed by atoms with E-state index in [2.05, 4.69) is 15.3 Å². The summed E-state index contributed by atoms with van der Waals surface area (Å²) in [7, 11) is 0. The zero-order chi connectivity index (χ0) is 15.6. The summed E-state index contributed by atoms with van der Waals surface area (Å²) in [5, 5.41) is 2.80. The molecule has 2 aromatic heterocycles. The van der Waals surface area contributed by atoms with E-state index in [4.69, 9.17) is 23.2 Å². The number of alkyl halides is 3. The van der Waals surface area contributed by atoms with Crippen LogP contribution in [0, 0.1) is 0 Å². The summed E-state index contributed by atoms with van der Waals surface area (Å²) >= 11 is 12.4. The van der Waals surface area contributed by atoms with Crippen LogP contribution >= 0.6 is 34.5 Å². The van der Waals surface area contributed by atoms with Crippen LogP contribution in [-0.4, -0.2) is 16.5 Å². The third-order valence-electron chi connectivity index (χ3n) is 2.57. The van der Waals surface area contributed by atoms with E-state index in [0.29, 0.717) is 33.5 Å². The summed E-state index contributed by atoms with van der Waals surface area (Å²) in [6, 6.07) is 0.940. The number of hydrogen-bond donors (Lipinski definition) is 1. The zero-order valence-corrected chi connectivity index (χ0v) is 13.0. The Morgan fingerprint density at radius 2 is 2.00 bits per heavy atom. The SMILES string of the molecule is CCNC(c1cnc(C(F)(F)F)s1)c1ncc(Cl)cc1Cl. The van der Waals surface area contributed by atoms with Crippen LogP contribution < -0.4 is 5.32 Å². The molecular formula is C12H10Cl2F3N3S. The molecule has 0 amide bonds. The molecule has 2 aromatic rings. The molecular weight excluding hydrogens is 346 g/mol. The molecule has 1 unspecified atom stereocenters. The topological polar surface area (TPSA) is 37.8 Å². The van der Waals surface area contributed by atoms with Gasteiger partial charge >= 0.3 is 6.18 Å². The van der Waals surface area contributed by atoms with Crippen LogP contribution in [0.5, 0.6) is 0 Å². The lowest BCUT2D eigenvalue weighted by atomic mass is 10.1. The smallest absolute Gasteiger partial charge is 0.304 e. The van der Waals surface area contributed by atoms with Crippen molar-refractivity contribution < 1.29 is 13.2 Å². The van der Waals surface area contributed by atoms with Gasteiger partial charge in [-0.3, -0.25) is 4.98 Å². The van der Waals surface area contributed by atoms with Crippen LogP contribution in [0.1, 0.15) is 28.5 Å². The molecule has 0 saturated heterocycles. The van der Waals surface area contributed by atoms with Gasteiger partial charge in [-0.25, -0.2) is 4.98 Å². The second-order valence-corrected chi connectivity index (χ2v) is 5.98. The molecule has 0 aromatic carbocycles. The van der Waals surface area contributed by atoms with Crippen molar-refractivity contribution in [3.8, 4) is 0 Å². The van der Waals surface area contributed by atoms with Gasteiger partial charge in [0.2, 0.25) is 0 Å². The highest BCUT2D eigenvalue weighted by Gasteiger charge is 2.35. The first-order chi connectivity index (χ1) is 9.82. The van der Waals surface area contributed by atoms with Gasteiger partial charge < -0.3 is 5.32 Å². The van der Waals surface area contributed by atoms with Gasteiger partial charge in [0.15, 0.2) is 5.01 Å². The Morgan fingerprint density at radius 1 is 1.29 bits per heavy atom. The van der Waals surface area contributed by atoms with Crippen LogP contribution in [0.25, 0.3) is 0 Å². The lowest BCUT2D eigenvalue weighted by molar-refractivity contribution is -0.137. The first kappa shape index (κ1) is 16.5. The van der Waals surface area contributed by atoms with Crippen molar-refractivity contribution in [2.45, 2.75) is 19.1 Å². The van der Waals surface area contributed by atoms with Crippen LogP contribution in [0.4, 0.5) is 13.2 Å². The minimum atomic E-state index is -4.46. The fourth-order valence-electron chi connectivity index (χ4n) is 1.72. The van der Waals surface area contributed by atoms with Crippen molar-refractivity contribution in [3.63, 3.8) is 0 Å². The lowest BCUT2D eigenvalue weighted by Gasteiger charge is -2.16. The van der Waals surface area contributed by atoms with Crippen molar-refractivity contribution in [2.75, 3.05) is 6.54 Å².